The van der Waals surface area contributed by atoms with Crippen LogP contribution < -0.4 is 10.1 Å². The maximum Gasteiger partial charge on any atom is 0.373 e. The SMILES string of the molecule is O=[N+]([O-])c1c(NCc2ccc(Cl)cc2)ncnc1Oc1ccc(Br)cc1. The summed E-state index contributed by atoms with van der Waals surface area (Å²) in [4.78, 5) is 18.8. The van der Waals surface area contributed by atoms with Crippen LogP contribution in [-0.2, 0) is 6.54 Å². The maximum absolute atomic E-state index is 11.5. The number of benzene rings is 2. The highest BCUT2D eigenvalue weighted by Gasteiger charge is 2.25. The van der Waals surface area contributed by atoms with Crippen LogP contribution >= 0.6 is 27.5 Å². The van der Waals surface area contributed by atoms with Gasteiger partial charge < -0.3 is 10.1 Å². The van der Waals surface area contributed by atoms with Gasteiger partial charge >= 0.3 is 11.6 Å². The van der Waals surface area contributed by atoms with E-state index in [1.165, 1.54) is 6.33 Å². The summed E-state index contributed by atoms with van der Waals surface area (Å²) in [6.45, 7) is 0.340. The van der Waals surface area contributed by atoms with E-state index < -0.39 is 4.92 Å². The van der Waals surface area contributed by atoms with Gasteiger partial charge in [0.25, 0.3) is 0 Å². The molecule has 26 heavy (non-hydrogen) atoms. The van der Waals surface area contributed by atoms with Crippen molar-refractivity contribution in [2.45, 2.75) is 6.54 Å². The molecule has 1 aromatic heterocycles. The average molecular weight is 436 g/mol. The number of nitrogens with one attached hydrogen (secondary N) is 1. The van der Waals surface area contributed by atoms with Crippen molar-refractivity contribution in [2.24, 2.45) is 0 Å². The maximum atomic E-state index is 11.5. The van der Waals surface area contributed by atoms with Gasteiger partial charge in [0, 0.05) is 16.0 Å². The van der Waals surface area contributed by atoms with E-state index in [0.29, 0.717) is 17.3 Å². The molecule has 2 aromatic carbocycles. The van der Waals surface area contributed by atoms with Crippen LogP contribution in [-0.4, -0.2) is 14.9 Å². The summed E-state index contributed by atoms with van der Waals surface area (Å²) in [5.74, 6) is 0.372. The van der Waals surface area contributed by atoms with Crippen LogP contribution in [0.4, 0.5) is 11.5 Å². The molecule has 0 saturated heterocycles. The second kappa shape index (κ2) is 8.11. The zero-order valence-corrected chi connectivity index (χ0v) is 15.6. The van der Waals surface area contributed by atoms with Crippen LogP contribution in [0, 0.1) is 10.1 Å². The van der Waals surface area contributed by atoms with Gasteiger partial charge in [-0.25, -0.2) is 4.98 Å². The number of nitrogens with zero attached hydrogens (tertiary/aromatic N) is 3. The summed E-state index contributed by atoms with van der Waals surface area (Å²) in [6, 6.07) is 14.0. The first-order valence-corrected chi connectivity index (χ1v) is 8.61. The quantitative estimate of drug-likeness (QED) is 0.422. The van der Waals surface area contributed by atoms with E-state index in [0.717, 1.165) is 10.0 Å². The predicted molar refractivity (Wildman–Crippen MR) is 102 cm³/mol. The number of aromatic nitrogens is 2. The minimum Gasteiger partial charge on any atom is -0.434 e. The monoisotopic (exact) mass is 434 g/mol. The van der Waals surface area contributed by atoms with Gasteiger partial charge in [0.1, 0.15) is 12.1 Å². The largest absolute Gasteiger partial charge is 0.434 e. The highest BCUT2D eigenvalue weighted by molar-refractivity contribution is 9.10. The third kappa shape index (κ3) is 4.47. The fourth-order valence-electron chi connectivity index (χ4n) is 2.13. The molecule has 1 N–H and O–H groups in total. The first kappa shape index (κ1) is 18.1. The van der Waals surface area contributed by atoms with Crippen LogP contribution in [0.15, 0.2) is 59.3 Å². The van der Waals surface area contributed by atoms with E-state index in [4.69, 9.17) is 16.3 Å². The van der Waals surface area contributed by atoms with Gasteiger partial charge in [0.2, 0.25) is 5.82 Å². The van der Waals surface area contributed by atoms with Crippen molar-refractivity contribution in [3.05, 3.63) is 80.0 Å². The first-order valence-electron chi connectivity index (χ1n) is 7.44. The normalized spacial score (nSPS) is 10.4. The molecule has 0 fully saturated rings. The molecule has 7 nitrogen and oxygen atoms in total. The van der Waals surface area contributed by atoms with Crippen LogP contribution in [0.25, 0.3) is 0 Å². The Hall–Kier alpha value is -2.71. The van der Waals surface area contributed by atoms with Gasteiger partial charge in [-0.1, -0.05) is 39.7 Å². The van der Waals surface area contributed by atoms with Gasteiger partial charge in [-0.15, -0.1) is 0 Å². The number of ether oxygens (including phenoxy) is 1. The molecule has 132 valence electrons. The lowest BCUT2D eigenvalue weighted by Crippen LogP contribution is -2.07. The Morgan fingerprint density at radius 2 is 1.81 bits per heavy atom. The standard InChI is InChI=1S/C17H12BrClN4O3/c18-12-3-7-14(8-4-12)26-17-15(23(24)25)16(21-10-22-17)20-9-11-1-5-13(19)6-2-11/h1-8,10H,9H2,(H,20,21,22). The predicted octanol–water partition coefficient (Wildman–Crippen LogP) is 5.21. The Kier molecular flexibility index (Phi) is 5.65. The van der Waals surface area contributed by atoms with Crippen molar-refractivity contribution >= 4 is 39.0 Å². The number of halogens is 2. The van der Waals surface area contributed by atoms with E-state index in [1.807, 2.05) is 12.1 Å². The second-order valence-electron chi connectivity index (χ2n) is 5.17. The smallest absolute Gasteiger partial charge is 0.373 e. The van der Waals surface area contributed by atoms with E-state index in [2.05, 4.69) is 31.2 Å². The molecule has 0 radical (unpaired) electrons. The molecule has 1 heterocycles. The molecule has 0 aliphatic heterocycles. The molecule has 0 saturated carbocycles. The summed E-state index contributed by atoms with van der Waals surface area (Å²) < 4.78 is 6.43. The molecule has 0 amide bonds. The summed E-state index contributed by atoms with van der Waals surface area (Å²) in [5.41, 5.74) is 0.571. The topological polar surface area (TPSA) is 90.2 Å². The Morgan fingerprint density at radius 1 is 1.12 bits per heavy atom. The lowest BCUT2D eigenvalue weighted by molar-refractivity contribution is -0.385. The highest BCUT2D eigenvalue weighted by Crippen LogP contribution is 2.34. The second-order valence-corrected chi connectivity index (χ2v) is 6.52. The third-order valence-corrected chi connectivity index (χ3v) is 4.15. The van der Waals surface area contributed by atoms with Crippen LogP contribution in [0.5, 0.6) is 11.6 Å². The van der Waals surface area contributed by atoms with Crippen LogP contribution in [0.1, 0.15) is 5.56 Å². The summed E-state index contributed by atoms with van der Waals surface area (Å²) in [6.07, 6.45) is 1.21. The number of hydrogen-bond donors (Lipinski definition) is 1. The van der Waals surface area contributed by atoms with Crippen molar-refractivity contribution in [1.82, 2.24) is 9.97 Å². The molecule has 3 rings (SSSR count). The number of rotatable bonds is 6. The molecule has 0 bridgehead atoms. The zero-order valence-electron chi connectivity index (χ0n) is 13.2. The molecule has 3 aromatic rings. The molecule has 0 atom stereocenters. The van der Waals surface area contributed by atoms with E-state index in [9.17, 15) is 10.1 Å². The van der Waals surface area contributed by atoms with Crippen molar-refractivity contribution in [1.29, 1.82) is 0 Å². The Labute approximate surface area is 162 Å². The Morgan fingerprint density at radius 3 is 2.46 bits per heavy atom. The van der Waals surface area contributed by atoms with E-state index in [-0.39, 0.29) is 17.4 Å². The summed E-state index contributed by atoms with van der Waals surface area (Å²) in [5, 5.41) is 15.1. The Bertz CT molecular complexity index is 920. The lowest BCUT2D eigenvalue weighted by Gasteiger charge is -2.09. The summed E-state index contributed by atoms with van der Waals surface area (Å²) in [7, 11) is 0. The number of anilines is 1. The van der Waals surface area contributed by atoms with Crippen molar-refractivity contribution in [3.8, 4) is 11.6 Å². The number of hydrogen-bond acceptors (Lipinski definition) is 6. The molecule has 9 heteroatoms. The van der Waals surface area contributed by atoms with Crippen LogP contribution in [0.2, 0.25) is 5.02 Å². The van der Waals surface area contributed by atoms with Crippen molar-refractivity contribution < 1.29 is 9.66 Å². The van der Waals surface area contributed by atoms with E-state index >= 15 is 0 Å². The van der Waals surface area contributed by atoms with Gasteiger partial charge in [-0.05, 0) is 42.0 Å². The van der Waals surface area contributed by atoms with Gasteiger partial charge in [-0.2, -0.15) is 4.98 Å². The highest BCUT2D eigenvalue weighted by atomic mass is 79.9. The molecular formula is C17H12BrClN4O3. The molecule has 0 spiro atoms. The lowest BCUT2D eigenvalue weighted by atomic mass is 10.2. The third-order valence-electron chi connectivity index (χ3n) is 3.37. The molecule has 0 unspecified atom stereocenters. The fraction of sp³-hybridized carbons (Fsp3) is 0.0588. The first-order chi connectivity index (χ1) is 12.5. The van der Waals surface area contributed by atoms with Gasteiger partial charge in [0.05, 0.1) is 4.92 Å². The summed E-state index contributed by atoms with van der Waals surface area (Å²) >= 11 is 9.17. The van der Waals surface area contributed by atoms with Crippen molar-refractivity contribution in [3.63, 3.8) is 0 Å². The zero-order chi connectivity index (χ0) is 18.5. The average Bonchev–Trinajstić information content (AvgIpc) is 2.63. The molecule has 0 aliphatic carbocycles. The number of nitro groups is 1. The fourth-order valence-corrected chi connectivity index (χ4v) is 2.52. The molecular weight excluding hydrogens is 424 g/mol. The van der Waals surface area contributed by atoms with Crippen LogP contribution in [0.3, 0.4) is 0 Å². The Balaban J connectivity index is 1.84. The van der Waals surface area contributed by atoms with Gasteiger partial charge in [-0.3, -0.25) is 10.1 Å². The minimum absolute atomic E-state index is 0.0760. The molecule has 0 aliphatic rings. The van der Waals surface area contributed by atoms with Crippen molar-refractivity contribution in [2.75, 3.05) is 5.32 Å². The minimum atomic E-state index is -0.571. The van der Waals surface area contributed by atoms with E-state index in [1.54, 1.807) is 36.4 Å². The van der Waals surface area contributed by atoms with Gasteiger partial charge in [0.15, 0.2) is 0 Å².